The number of ether oxygens (including phenoxy) is 2. The van der Waals surface area contributed by atoms with Gasteiger partial charge in [0.05, 0.1) is 12.7 Å². The smallest absolute Gasteiger partial charge is 0.462 e. The summed E-state index contributed by atoms with van der Waals surface area (Å²) in [5, 5.41) is 9.54. The van der Waals surface area contributed by atoms with E-state index in [4.69, 9.17) is 19.3 Å². The average molecular weight is 755 g/mol. The van der Waals surface area contributed by atoms with Crippen molar-refractivity contribution in [2.75, 3.05) is 13.2 Å². The second-order valence-corrected chi connectivity index (χ2v) is 15.5. The number of unbranched alkanes of at least 4 members (excludes halogenated alkanes) is 13. The molecule has 0 bridgehead atoms. The Bertz CT molecular complexity index is 1010. The molecule has 10 heteroatoms. The number of carbonyl (C=O) groups is 2. The van der Waals surface area contributed by atoms with Crippen molar-refractivity contribution >= 4 is 19.8 Å². The zero-order valence-corrected chi connectivity index (χ0v) is 33.9. The molecule has 52 heavy (non-hydrogen) atoms. The summed E-state index contributed by atoms with van der Waals surface area (Å²) in [5.74, 6) is -0.148. The summed E-state index contributed by atoms with van der Waals surface area (Å²) >= 11 is 0. The molecular weight excluding hydrogens is 679 g/mol. The van der Waals surface area contributed by atoms with Crippen LogP contribution in [0.1, 0.15) is 175 Å². The molecule has 0 unspecified atom stereocenters. The molecular formula is C42H75O9P. The number of allylic oxidation sites excluding steroid dienone is 8. The first-order chi connectivity index (χ1) is 25.0. The lowest BCUT2D eigenvalue weighted by atomic mass is 10.0. The predicted molar refractivity (Wildman–Crippen MR) is 213 cm³/mol. The van der Waals surface area contributed by atoms with E-state index >= 15 is 0 Å². The summed E-state index contributed by atoms with van der Waals surface area (Å²) in [6.07, 6.45) is 39.3. The molecule has 0 amide bonds. The first kappa shape index (κ1) is 50.0. The van der Waals surface area contributed by atoms with Gasteiger partial charge in [0.1, 0.15) is 6.61 Å². The van der Waals surface area contributed by atoms with Gasteiger partial charge in [-0.25, -0.2) is 4.57 Å². The van der Waals surface area contributed by atoms with E-state index < -0.39 is 32.5 Å². The van der Waals surface area contributed by atoms with Crippen molar-refractivity contribution in [3.8, 4) is 0 Å². The normalized spacial score (nSPS) is 13.7. The van der Waals surface area contributed by atoms with Crippen LogP contribution in [0.15, 0.2) is 48.6 Å². The van der Waals surface area contributed by atoms with Gasteiger partial charge in [0.25, 0.3) is 0 Å². The molecule has 0 saturated heterocycles. The van der Waals surface area contributed by atoms with Crippen LogP contribution in [0.4, 0.5) is 0 Å². The summed E-state index contributed by atoms with van der Waals surface area (Å²) in [6, 6.07) is 0. The third-order valence-electron chi connectivity index (χ3n) is 8.69. The summed E-state index contributed by atoms with van der Waals surface area (Å²) < 4.78 is 26.3. The Hall–Kier alpha value is -2.03. The Labute approximate surface area is 317 Å². The van der Waals surface area contributed by atoms with Crippen molar-refractivity contribution in [3.63, 3.8) is 0 Å². The van der Waals surface area contributed by atoms with Gasteiger partial charge in [0.2, 0.25) is 0 Å². The van der Waals surface area contributed by atoms with Crippen molar-refractivity contribution in [3.05, 3.63) is 48.6 Å². The molecule has 0 rings (SSSR count). The van der Waals surface area contributed by atoms with Crippen LogP contribution in [-0.2, 0) is 28.2 Å². The second kappa shape index (κ2) is 36.0. The number of rotatable bonds is 36. The fourth-order valence-corrected chi connectivity index (χ4v) is 5.83. The topological polar surface area (TPSA) is 140 Å². The minimum atomic E-state index is -4.78. The lowest BCUT2D eigenvalue weighted by Crippen LogP contribution is -2.29. The number of aliphatic hydroxyl groups excluding tert-OH is 1. The number of carbonyl (C=O) groups excluding carboxylic acids is 2. The summed E-state index contributed by atoms with van der Waals surface area (Å²) in [5.41, 5.74) is 0. The van der Waals surface area contributed by atoms with Gasteiger partial charge in [0, 0.05) is 12.8 Å². The Balaban J connectivity index is 4.04. The van der Waals surface area contributed by atoms with Crippen molar-refractivity contribution < 1.29 is 43.0 Å². The van der Waals surface area contributed by atoms with Crippen molar-refractivity contribution in [2.24, 2.45) is 5.92 Å². The van der Waals surface area contributed by atoms with Crippen LogP contribution in [0.3, 0.4) is 0 Å². The van der Waals surface area contributed by atoms with Gasteiger partial charge in [-0.15, -0.1) is 0 Å². The SMILES string of the molecule is CC[C@@H](O)CC/C=C\C/C=C\C/C=C\C/C=C\CCCC(=O)O[C@H](COC(=O)CCCCCCCCCCCCCCCC(C)C)COP(=O)(O)O. The fraction of sp³-hybridized carbons (Fsp3) is 0.762. The first-order valence-electron chi connectivity index (χ1n) is 20.4. The highest BCUT2D eigenvalue weighted by molar-refractivity contribution is 7.46. The number of hydrogen-bond acceptors (Lipinski definition) is 7. The van der Waals surface area contributed by atoms with Crippen LogP contribution in [0.5, 0.6) is 0 Å². The average Bonchev–Trinajstić information content (AvgIpc) is 3.10. The number of phosphoric acid groups is 1. The van der Waals surface area contributed by atoms with Crippen LogP contribution in [0.2, 0.25) is 0 Å². The van der Waals surface area contributed by atoms with Gasteiger partial charge in [-0.1, -0.05) is 153 Å². The molecule has 0 aromatic carbocycles. The maximum atomic E-state index is 12.4. The molecule has 0 fully saturated rings. The van der Waals surface area contributed by atoms with E-state index in [0.717, 1.165) is 57.3 Å². The fourth-order valence-electron chi connectivity index (χ4n) is 5.47. The summed E-state index contributed by atoms with van der Waals surface area (Å²) in [4.78, 5) is 42.8. The van der Waals surface area contributed by atoms with E-state index in [1.54, 1.807) is 0 Å². The predicted octanol–water partition coefficient (Wildman–Crippen LogP) is 11.2. The van der Waals surface area contributed by atoms with Crippen LogP contribution >= 0.6 is 7.82 Å². The maximum Gasteiger partial charge on any atom is 0.469 e. The standard InChI is InChI=1S/C42H75O9P/c1-4-39(43)33-29-25-21-17-13-9-5-6-10-15-19-23-27-31-35-42(45)51-40(37-50-52(46,47)48)36-49-41(44)34-30-26-22-18-14-11-7-8-12-16-20-24-28-32-38(2)3/h6,9-10,13,19,21,23,25,38-40,43H,4-5,7-8,11-12,14-18,20,22,24,26-37H2,1-3H3,(H2,46,47,48)/b10-6-,13-9-,23-19-,25-21-/t39-,40-/m1/s1. The molecule has 0 aromatic rings. The largest absolute Gasteiger partial charge is 0.469 e. The van der Waals surface area contributed by atoms with E-state index in [1.807, 2.05) is 19.1 Å². The van der Waals surface area contributed by atoms with Crippen molar-refractivity contribution in [1.29, 1.82) is 0 Å². The van der Waals surface area contributed by atoms with Gasteiger partial charge in [-0.05, 0) is 63.7 Å². The molecule has 2 atom stereocenters. The highest BCUT2D eigenvalue weighted by Crippen LogP contribution is 2.36. The third kappa shape index (κ3) is 39.2. The highest BCUT2D eigenvalue weighted by Gasteiger charge is 2.22. The van der Waals surface area contributed by atoms with Gasteiger partial charge in [-0.3, -0.25) is 14.1 Å². The Kier molecular flexibility index (Phi) is 34.6. The maximum absolute atomic E-state index is 12.4. The molecule has 0 heterocycles. The quantitative estimate of drug-likeness (QED) is 0.0247. The summed E-state index contributed by atoms with van der Waals surface area (Å²) in [6.45, 7) is 5.69. The number of phosphoric ester groups is 1. The second-order valence-electron chi connectivity index (χ2n) is 14.2. The number of aliphatic hydroxyl groups is 1. The van der Waals surface area contributed by atoms with Crippen LogP contribution in [-0.4, -0.2) is 52.3 Å². The van der Waals surface area contributed by atoms with Crippen LogP contribution in [0, 0.1) is 5.92 Å². The zero-order chi connectivity index (χ0) is 38.5. The Morgan fingerprint density at radius 3 is 1.56 bits per heavy atom. The van der Waals surface area contributed by atoms with E-state index in [1.165, 1.54) is 70.6 Å². The summed E-state index contributed by atoms with van der Waals surface area (Å²) in [7, 11) is -4.78. The van der Waals surface area contributed by atoms with Crippen LogP contribution < -0.4 is 0 Å². The van der Waals surface area contributed by atoms with Gasteiger partial charge < -0.3 is 24.4 Å². The lowest BCUT2D eigenvalue weighted by molar-refractivity contribution is -0.161. The van der Waals surface area contributed by atoms with Gasteiger partial charge in [0.15, 0.2) is 6.10 Å². The van der Waals surface area contributed by atoms with Crippen molar-refractivity contribution in [1.82, 2.24) is 0 Å². The molecule has 0 radical (unpaired) electrons. The molecule has 0 aliphatic carbocycles. The molecule has 302 valence electrons. The van der Waals surface area contributed by atoms with Crippen molar-refractivity contribution in [2.45, 2.75) is 187 Å². The molecule has 0 spiro atoms. The molecule has 0 saturated carbocycles. The van der Waals surface area contributed by atoms with Crippen LogP contribution in [0.25, 0.3) is 0 Å². The van der Waals surface area contributed by atoms with E-state index in [9.17, 15) is 19.3 Å². The van der Waals surface area contributed by atoms with E-state index in [2.05, 4.69) is 54.8 Å². The minimum Gasteiger partial charge on any atom is -0.462 e. The Morgan fingerprint density at radius 1 is 0.596 bits per heavy atom. The number of hydrogen-bond donors (Lipinski definition) is 3. The van der Waals surface area contributed by atoms with Gasteiger partial charge >= 0.3 is 19.8 Å². The molecule has 0 aromatic heterocycles. The molecule has 3 N–H and O–H groups in total. The molecule has 0 aliphatic heterocycles. The third-order valence-corrected chi connectivity index (χ3v) is 9.18. The van der Waals surface area contributed by atoms with E-state index in [-0.39, 0.29) is 25.6 Å². The molecule has 9 nitrogen and oxygen atoms in total. The molecule has 0 aliphatic rings. The van der Waals surface area contributed by atoms with Gasteiger partial charge in [-0.2, -0.15) is 0 Å². The monoisotopic (exact) mass is 755 g/mol. The minimum absolute atomic E-state index is 0.123. The zero-order valence-electron chi connectivity index (χ0n) is 33.0. The number of esters is 2. The van der Waals surface area contributed by atoms with E-state index in [0.29, 0.717) is 19.3 Å². The Morgan fingerprint density at radius 2 is 1.06 bits per heavy atom. The highest BCUT2D eigenvalue weighted by atomic mass is 31.2. The first-order valence-corrected chi connectivity index (χ1v) is 21.9. The lowest BCUT2D eigenvalue weighted by Gasteiger charge is -2.18.